The zero-order chi connectivity index (χ0) is 25.1. The van der Waals surface area contributed by atoms with Crippen LogP contribution in [-0.4, -0.2) is 29.2 Å². The standard InChI is InChI=1S/C25H21N3O6S/c1-4-12-34-24(30)21-15(2)26-25-27(22(21)17-8-10-19(33-3)11-9-17)23(29)20(35-25)14-16-6-5-7-18(13-16)28(31)32/h4-11,13-14,22H,1,12H2,2-3H3/b20-14+/t22-/m0/s1. The quantitative estimate of drug-likeness (QED) is 0.217. The lowest BCUT2D eigenvalue weighted by Gasteiger charge is -2.24. The second-order valence-corrected chi connectivity index (χ2v) is 8.60. The van der Waals surface area contributed by atoms with Gasteiger partial charge in [-0.05, 0) is 36.3 Å². The number of allylic oxidation sites excluding steroid dienone is 1. The number of nitro groups is 1. The van der Waals surface area contributed by atoms with E-state index < -0.39 is 16.9 Å². The van der Waals surface area contributed by atoms with E-state index in [1.54, 1.807) is 56.5 Å². The number of thiazole rings is 1. The average Bonchev–Trinajstić information content (AvgIpc) is 3.16. The highest BCUT2D eigenvalue weighted by atomic mass is 32.1. The number of benzene rings is 2. The molecule has 0 spiro atoms. The summed E-state index contributed by atoms with van der Waals surface area (Å²) in [5.41, 5.74) is 1.41. The second kappa shape index (κ2) is 9.90. The maximum Gasteiger partial charge on any atom is 0.338 e. The number of rotatable bonds is 7. The Morgan fingerprint density at radius 1 is 1.29 bits per heavy atom. The summed E-state index contributed by atoms with van der Waals surface area (Å²) in [4.78, 5) is 42.1. The Balaban J connectivity index is 1.91. The number of carbonyl (C=O) groups is 1. The molecule has 1 atom stereocenters. The van der Waals surface area contributed by atoms with Crippen molar-refractivity contribution in [1.82, 2.24) is 4.57 Å². The number of esters is 1. The SMILES string of the molecule is C=CCOC(=O)C1=C(C)N=c2s/c(=C/c3cccc([N+](=O)[O-])c3)c(=O)n2[C@H]1c1ccc(OC)cc1. The topological polar surface area (TPSA) is 113 Å². The van der Waals surface area contributed by atoms with Gasteiger partial charge in [0.1, 0.15) is 12.4 Å². The fourth-order valence-corrected chi connectivity index (χ4v) is 4.82. The smallest absolute Gasteiger partial charge is 0.338 e. The Morgan fingerprint density at radius 3 is 2.69 bits per heavy atom. The van der Waals surface area contributed by atoms with E-state index in [0.29, 0.717) is 31.9 Å². The summed E-state index contributed by atoms with van der Waals surface area (Å²) in [5.74, 6) is 0.0308. The van der Waals surface area contributed by atoms with Crippen molar-refractivity contribution in [3.05, 3.63) is 113 Å². The van der Waals surface area contributed by atoms with Gasteiger partial charge >= 0.3 is 5.97 Å². The lowest BCUT2D eigenvalue weighted by molar-refractivity contribution is -0.384. The highest BCUT2D eigenvalue weighted by Crippen LogP contribution is 2.31. The molecule has 0 N–H and O–H groups in total. The molecule has 1 aliphatic heterocycles. The van der Waals surface area contributed by atoms with Crippen LogP contribution in [0.25, 0.3) is 6.08 Å². The molecule has 2 heterocycles. The normalized spacial score (nSPS) is 15.3. The first kappa shape index (κ1) is 23.8. The highest BCUT2D eigenvalue weighted by Gasteiger charge is 2.33. The molecule has 0 unspecified atom stereocenters. The Labute approximate surface area is 203 Å². The molecule has 9 nitrogen and oxygen atoms in total. The Morgan fingerprint density at radius 2 is 2.03 bits per heavy atom. The molecule has 4 rings (SSSR count). The van der Waals surface area contributed by atoms with Crippen molar-refractivity contribution in [3.63, 3.8) is 0 Å². The van der Waals surface area contributed by atoms with E-state index in [1.165, 1.54) is 22.8 Å². The van der Waals surface area contributed by atoms with Gasteiger partial charge in [-0.15, -0.1) is 0 Å². The molecule has 0 saturated carbocycles. The Kier molecular flexibility index (Phi) is 6.74. The minimum atomic E-state index is -0.776. The van der Waals surface area contributed by atoms with Gasteiger partial charge in [0.25, 0.3) is 11.2 Å². The summed E-state index contributed by atoms with van der Waals surface area (Å²) in [6.07, 6.45) is 3.04. The molecule has 35 heavy (non-hydrogen) atoms. The summed E-state index contributed by atoms with van der Waals surface area (Å²) in [6.45, 7) is 5.28. The fraction of sp³-hybridized carbons (Fsp3) is 0.160. The van der Waals surface area contributed by atoms with Gasteiger partial charge < -0.3 is 9.47 Å². The first-order valence-electron chi connectivity index (χ1n) is 10.5. The summed E-state index contributed by atoms with van der Waals surface area (Å²) < 4.78 is 12.3. The molecule has 1 aliphatic rings. The van der Waals surface area contributed by atoms with E-state index in [9.17, 15) is 19.7 Å². The van der Waals surface area contributed by atoms with E-state index in [2.05, 4.69) is 11.6 Å². The molecule has 0 amide bonds. The van der Waals surface area contributed by atoms with Gasteiger partial charge in [-0.2, -0.15) is 0 Å². The Bertz CT molecular complexity index is 1530. The number of nitrogens with zero attached hydrogens (tertiary/aromatic N) is 3. The lowest BCUT2D eigenvalue weighted by atomic mass is 9.96. The predicted octanol–water partition coefficient (Wildman–Crippen LogP) is 2.88. The van der Waals surface area contributed by atoms with Crippen LogP contribution in [0.1, 0.15) is 24.1 Å². The van der Waals surface area contributed by atoms with Crippen LogP contribution < -0.4 is 19.6 Å². The van der Waals surface area contributed by atoms with Crippen LogP contribution in [0.2, 0.25) is 0 Å². The third-order valence-electron chi connectivity index (χ3n) is 5.38. The van der Waals surface area contributed by atoms with Crippen molar-refractivity contribution >= 4 is 29.1 Å². The largest absolute Gasteiger partial charge is 0.497 e. The number of hydrogen-bond acceptors (Lipinski definition) is 8. The number of non-ortho nitro benzene ring substituents is 1. The van der Waals surface area contributed by atoms with E-state index in [0.717, 1.165) is 11.3 Å². The van der Waals surface area contributed by atoms with Crippen molar-refractivity contribution in [3.8, 4) is 5.75 Å². The lowest BCUT2D eigenvalue weighted by Crippen LogP contribution is -2.39. The molecule has 10 heteroatoms. The molecule has 0 bridgehead atoms. The van der Waals surface area contributed by atoms with Crippen LogP contribution in [0.3, 0.4) is 0 Å². The number of ether oxygens (including phenoxy) is 2. The van der Waals surface area contributed by atoms with Gasteiger partial charge in [0.2, 0.25) is 0 Å². The maximum absolute atomic E-state index is 13.6. The molecular weight excluding hydrogens is 470 g/mol. The molecule has 3 aromatic rings. The van der Waals surface area contributed by atoms with Gasteiger partial charge in [0.15, 0.2) is 4.80 Å². The zero-order valence-electron chi connectivity index (χ0n) is 19.0. The maximum atomic E-state index is 13.6. The summed E-state index contributed by atoms with van der Waals surface area (Å²) in [5, 5.41) is 11.1. The van der Waals surface area contributed by atoms with Gasteiger partial charge in [0, 0.05) is 12.1 Å². The number of methoxy groups -OCH3 is 1. The summed E-state index contributed by atoms with van der Waals surface area (Å²) in [6, 6.07) is 12.3. The van der Waals surface area contributed by atoms with Crippen LogP contribution in [0.15, 0.2) is 82.2 Å². The van der Waals surface area contributed by atoms with Crippen molar-refractivity contribution in [1.29, 1.82) is 0 Å². The molecule has 0 fully saturated rings. The van der Waals surface area contributed by atoms with E-state index in [1.807, 2.05) is 0 Å². The van der Waals surface area contributed by atoms with Gasteiger partial charge in [-0.1, -0.05) is 48.3 Å². The zero-order valence-corrected chi connectivity index (χ0v) is 19.8. The molecule has 0 saturated heterocycles. The van der Waals surface area contributed by atoms with Gasteiger partial charge in [-0.25, -0.2) is 9.79 Å². The van der Waals surface area contributed by atoms with Crippen molar-refractivity contribution < 1.29 is 19.2 Å². The minimum absolute atomic E-state index is 0.0160. The van der Waals surface area contributed by atoms with E-state index in [4.69, 9.17) is 9.47 Å². The van der Waals surface area contributed by atoms with Crippen molar-refractivity contribution in [2.45, 2.75) is 13.0 Å². The number of hydrogen-bond donors (Lipinski definition) is 0. The summed E-state index contributed by atoms with van der Waals surface area (Å²) in [7, 11) is 1.55. The van der Waals surface area contributed by atoms with Crippen LogP contribution in [0, 0.1) is 10.1 Å². The summed E-state index contributed by atoms with van der Waals surface area (Å²) >= 11 is 1.14. The van der Waals surface area contributed by atoms with Gasteiger partial charge in [-0.3, -0.25) is 19.5 Å². The molecular formula is C25H21N3O6S. The van der Waals surface area contributed by atoms with Gasteiger partial charge in [0.05, 0.1) is 33.9 Å². The minimum Gasteiger partial charge on any atom is -0.497 e. The number of carbonyl (C=O) groups excluding carboxylic acids is 1. The molecule has 0 aliphatic carbocycles. The monoisotopic (exact) mass is 491 g/mol. The third kappa shape index (κ3) is 4.69. The van der Waals surface area contributed by atoms with E-state index >= 15 is 0 Å². The molecule has 178 valence electrons. The van der Waals surface area contributed by atoms with Crippen LogP contribution in [-0.2, 0) is 9.53 Å². The number of fused-ring (bicyclic) bond motifs is 1. The third-order valence-corrected chi connectivity index (χ3v) is 6.37. The highest BCUT2D eigenvalue weighted by molar-refractivity contribution is 7.07. The fourth-order valence-electron chi connectivity index (χ4n) is 3.78. The predicted molar refractivity (Wildman–Crippen MR) is 131 cm³/mol. The Hall–Kier alpha value is -4.31. The van der Waals surface area contributed by atoms with Crippen LogP contribution in [0.5, 0.6) is 5.75 Å². The van der Waals surface area contributed by atoms with Crippen molar-refractivity contribution in [2.24, 2.45) is 4.99 Å². The first-order valence-corrected chi connectivity index (χ1v) is 11.3. The molecule has 2 aromatic carbocycles. The van der Waals surface area contributed by atoms with Crippen LogP contribution >= 0.6 is 11.3 Å². The van der Waals surface area contributed by atoms with E-state index in [-0.39, 0.29) is 23.4 Å². The number of nitro benzene ring substituents is 1. The van der Waals surface area contributed by atoms with Crippen molar-refractivity contribution in [2.75, 3.05) is 13.7 Å². The molecule has 1 aromatic heterocycles. The second-order valence-electron chi connectivity index (χ2n) is 7.59. The molecule has 0 radical (unpaired) electrons. The first-order chi connectivity index (χ1) is 16.8. The average molecular weight is 492 g/mol. The number of aromatic nitrogens is 1. The van der Waals surface area contributed by atoms with Crippen LogP contribution in [0.4, 0.5) is 5.69 Å².